The maximum Gasteiger partial charge on any atom is 0.326 e. The third-order valence-corrected chi connectivity index (χ3v) is 4.68. The fraction of sp³-hybridized carbons (Fsp3) is 0.632. The molecule has 0 spiro atoms. The topological polar surface area (TPSA) is 306 Å². The van der Waals surface area contributed by atoms with Crippen LogP contribution in [-0.4, -0.2) is 77.2 Å². The summed E-state index contributed by atoms with van der Waals surface area (Å²) in [5.74, 6) is -7.01. The Balaban J connectivity index is 5.53. The van der Waals surface area contributed by atoms with Gasteiger partial charge in [0.25, 0.3) is 0 Å². The summed E-state index contributed by atoms with van der Waals surface area (Å²) in [6, 6.07) is -5.69. The standard InChI is InChI=1S/C19H34N8O8/c20-6-2-1-3-10(25-16(31)9(21)4-5-13(22)28)17(32)26-11(7-14(23)29)18(33)27-12(19(34)35)8-15(24)30/h9-12H,1-8,20-21H2,(H2,22,28)(H2,23,29)(H2,24,30)(H,25,31)(H,26,32)(H,27,33)(H,34,35). The highest BCUT2D eigenvalue weighted by Crippen LogP contribution is 2.05. The number of rotatable bonds is 18. The number of nitrogens with one attached hydrogen (secondary N) is 3. The van der Waals surface area contributed by atoms with Crippen LogP contribution in [0, 0.1) is 0 Å². The van der Waals surface area contributed by atoms with Gasteiger partial charge in [-0.1, -0.05) is 0 Å². The van der Waals surface area contributed by atoms with E-state index in [4.69, 9.17) is 33.8 Å². The smallest absolute Gasteiger partial charge is 0.326 e. The average Bonchev–Trinajstić information content (AvgIpc) is 2.74. The molecule has 4 atom stereocenters. The van der Waals surface area contributed by atoms with Crippen molar-refractivity contribution in [1.82, 2.24) is 16.0 Å². The van der Waals surface area contributed by atoms with Gasteiger partial charge in [0.15, 0.2) is 0 Å². The molecule has 0 heterocycles. The summed E-state index contributed by atoms with van der Waals surface area (Å²) in [6.45, 7) is 0.309. The second-order valence-corrected chi connectivity index (χ2v) is 7.76. The quantitative estimate of drug-likeness (QED) is 0.0803. The van der Waals surface area contributed by atoms with Crippen LogP contribution in [0.25, 0.3) is 0 Å². The summed E-state index contributed by atoms with van der Waals surface area (Å²) in [5, 5.41) is 15.8. The van der Waals surface area contributed by atoms with E-state index in [-0.39, 0.29) is 19.3 Å². The molecule has 16 heteroatoms. The number of amides is 6. The number of aliphatic carboxylic acids is 1. The Labute approximate surface area is 201 Å². The van der Waals surface area contributed by atoms with E-state index in [1.165, 1.54) is 0 Å². The number of unbranched alkanes of at least 4 members (excludes halogenated alkanes) is 1. The number of hydrogen-bond acceptors (Lipinski definition) is 9. The highest BCUT2D eigenvalue weighted by molar-refractivity contribution is 5.96. The summed E-state index contributed by atoms with van der Waals surface area (Å²) < 4.78 is 0. The van der Waals surface area contributed by atoms with Crippen molar-refractivity contribution in [3.8, 4) is 0 Å². The van der Waals surface area contributed by atoms with Crippen LogP contribution < -0.4 is 44.6 Å². The van der Waals surface area contributed by atoms with Gasteiger partial charge in [0.05, 0.1) is 18.9 Å². The molecule has 0 fully saturated rings. The molecular formula is C19H34N8O8. The van der Waals surface area contributed by atoms with Crippen molar-refractivity contribution in [3.05, 3.63) is 0 Å². The summed E-state index contributed by atoms with van der Waals surface area (Å²) >= 11 is 0. The van der Waals surface area contributed by atoms with Crippen molar-refractivity contribution >= 4 is 41.4 Å². The van der Waals surface area contributed by atoms with Gasteiger partial charge >= 0.3 is 5.97 Å². The van der Waals surface area contributed by atoms with E-state index in [0.717, 1.165) is 0 Å². The molecule has 0 bridgehead atoms. The first-order chi connectivity index (χ1) is 16.3. The van der Waals surface area contributed by atoms with E-state index < -0.39 is 78.4 Å². The molecule has 0 aromatic rings. The van der Waals surface area contributed by atoms with Crippen molar-refractivity contribution in [2.24, 2.45) is 28.7 Å². The second-order valence-electron chi connectivity index (χ2n) is 7.76. The molecule has 16 nitrogen and oxygen atoms in total. The lowest BCUT2D eigenvalue weighted by atomic mass is 10.0. The Kier molecular flexibility index (Phi) is 14.2. The number of carbonyl (C=O) groups is 7. The maximum absolute atomic E-state index is 12.9. The molecule has 35 heavy (non-hydrogen) atoms. The first-order valence-electron chi connectivity index (χ1n) is 10.7. The van der Waals surface area contributed by atoms with Crippen molar-refractivity contribution < 1.29 is 38.7 Å². The number of carboxylic acids is 1. The summed E-state index contributed by atoms with van der Waals surface area (Å²) in [5.41, 5.74) is 26.3. The Bertz CT molecular complexity index is 806. The van der Waals surface area contributed by atoms with Crippen LogP contribution >= 0.6 is 0 Å². The van der Waals surface area contributed by atoms with Gasteiger partial charge < -0.3 is 49.7 Å². The Morgan fingerprint density at radius 2 is 1.14 bits per heavy atom. The van der Waals surface area contributed by atoms with Gasteiger partial charge in [0, 0.05) is 6.42 Å². The van der Waals surface area contributed by atoms with Crippen molar-refractivity contribution in [2.75, 3.05) is 6.54 Å². The number of hydrogen-bond donors (Lipinski definition) is 9. The van der Waals surface area contributed by atoms with Crippen LogP contribution in [0.5, 0.6) is 0 Å². The summed E-state index contributed by atoms with van der Waals surface area (Å²) in [6.07, 6.45) is -0.677. The fourth-order valence-corrected chi connectivity index (χ4v) is 2.83. The number of primary amides is 3. The summed E-state index contributed by atoms with van der Waals surface area (Å²) in [7, 11) is 0. The third kappa shape index (κ3) is 13.5. The number of nitrogens with two attached hydrogens (primary N) is 5. The molecule has 0 aromatic carbocycles. The molecule has 0 rings (SSSR count). The highest BCUT2D eigenvalue weighted by Gasteiger charge is 2.31. The van der Waals surface area contributed by atoms with Crippen molar-refractivity contribution in [2.45, 2.75) is 69.1 Å². The van der Waals surface area contributed by atoms with Crippen LogP contribution in [0.3, 0.4) is 0 Å². The van der Waals surface area contributed by atoms with Crippen molar-refractivity contribution in [1.29, 1.82) is 0 Å². The molecule has 0 radical (unpaired) electrons. The predicted octanol–water partition coefficient (Wildman–Crippen LogP) is -5.00. The maximum atomic E-state index is 12.9. The van der Waals surface area contributed by atoms with Crippen LogP contribution in [0.2, 0.25) is 0 Å². The number of carboxylic acid groups (broad SMARTS) is 1. The van der Waals surface area contributed by atoms with E-state index in [2.05, 4.69) is 10.6 Å². The minimum atomic E-state index is -1.71. The van der Waals surface area contributed by atoms with E-state index in [0.29, 0.717) is 19.4 Å². The molecule has 14 N–H and O–H groups in total. The van der Waals surface area contributed by atoms with Crippen LogP contribution in [-0.2, 0) is 33.6 Å². The van der Waals surface area contributed by atoms with Gasteiger partial charge in [-0.2, -0.15) is 0 Å². The fourth-order valence-electron chi connectivity index (χ4n) is 2.83. The lowest BCUT2D eigenvalue weighted by Crippen LogP contribution is -2.58. The zero-order valence-electron chi connectivity index (χ0n) is 19.2. The van der Waals surface area contributed by atoms with Gasteiger partial charge in [-0.25, -0.2) is 4.79 Å². The van der Waals surface area contributed by atoms with Gasteiger partial charge in [0.2, 0.25) is 35.4 Å². The third-order valence-electron chi connectivity index (χ3n) is 4.68. The molecule has 6 amide bonds. The first kappa shape index (κ1) is 31.2. The largest absolute Gasteiger partial charge is 0.480 e. The zero-order valence-corrected chi connectivity index (χ0v) is 19.2. The summed E-state index contributed by atoms with van der Waals surface area (Å²) in [4.78, 5) is 82.4. The normalized spacial score (nSPS) is 14.0. The molecule has 0 aromatic heterocycles. The van der Waals surface area contributed by atoms with Crippen molar-refractivity contribution in [3.63, 3.8) is 0 Å². The zero-order chi connectivity index (χ0) is 27.1. The molecule has 0 saturated heterocycles. The van der Waals surface area contributed by atoms with Gasteiger partial charge in [-0.3, -0.25) is 28.8 Å². The molecule has 0 saturated carbocycles. The van der Waals surface area contributed by atoms with E-state index >= 15 is 0 Å². The molecule has 0 aliphatic carbocycles. The van der Waals surface area contributed by atoms with E-state index in [1.807, 2.05) is 5.32 Å². The van der Waals surface area contributed by atoms with Crippen LogP contribution in [0.1, 0.15) is 44.9 Å². The van der Waals surface area contributed by atoms with Gasteiger partial charge in [0.1, 0.15) is 18.1 Å². The Morgan fingerprint density at radius 3 is 1.63 bits per heavy atom. The minimum absolute atomic E-state index is 0.0680. The van der Waals surface area contributed by atoms with Gasteiger partial charge in [-0.05, 0) is 32.2 Å². The van der Waals surface area contributed by atoms with Crippen LogP contribution in [0.4, 0.5) is 0 Å². The molecule has 0 aliphatic rings. The first-order valence-corrected chi connectivity index (χ1v) is 10.7. The second kappa shape index (κ2) is 15.9. The average molecular weight is 503 g/mol. The number of carbonyl (C=O) groups excluding carboxylic acids is 6. The lowest BCUT2D eigenvalue weighted by molar-refractivity contribution is -0.144. The SMILES string of the molecule is NCCCCC(NC(=O)C(N)CCC(N)=O)C(=O)NC(CC(N)=O)C(=O)NC(CC(N)=O)C(=O)O. The predicted molar refractivity (Wildman–Crippen MR) is 120 cm³/mol. The van der Waals surface area contributed by atoms with E-state index in [9.17, 15) is 33.6 Å². The lowest BCUT2D eigenvalue weighted by Gasteiger charge is -2.24. The monoisotopic (exact) mass is 502 g/mol. The van der Waals surface area contributed by atoms with Gasteiger partial charge in [-0.15, -0.1) is 0 Å². The minimum Gasteiger partial charge on any atom is -0.480 e. The van der Waals surface area contributed by atoms with Crippen LogP contribution in [0.15, 0.2) is 0 Å². The molecule has 0 aliphatic heterocycles. The Hall–Kier alpha value is -3.79. The molecular weight excluding hydrogens is 468 g/mol. The molecule has 198 valence electrons. The Morgan fingerprint density at radius 1 is 0.657 bits per heavy atom. The molecule has 4 unspecified atom stereocenters. The van der Waals surface area contributed by atoms with E-state index in [1.54, 1.807) is 0 Å². The highest BCUT2D eigenvalue weighted by atomic mass is 16.4.